The van der Waals surface area contributed by atoms with Crippen LogP contribution < -0.4 is 0 Å². The van der Waals surface area contributed by atoms with E-state index >= 15 is 0 Å². The average molecular weight is 367 g/mol. The monoisotopic (exact) mass is 367 g/mol. The van der Waals surface area contributed by atoms with Gasteiger partial charge in [0.1, 0.15) is 5.82 Å². The molecule has 24 heavy (non-hydrogen) atoms. The van der Waals surface area contributed by atoms with Crippen LogP contribution in [0.2, 0.25) is 0 Å². The molecule has 1 aliphatic heterocycles. The van der Waals surface area contributed by atoms with Gasteiger partial charge < -0.3 is 4.90 Å². The van der Waals surface area contributed by atoms with Crippen LogP contribution in [0.4, 0.5) is 4.39 Å². The first-order valence-electron chi connectivity index (χ1n) is 7.72. The summed E-state index contributed by atoms with van der Waals surface area (Å²) in [5.74, 6) is -0.733. The Morgan fingerprint density at radius 2 is 2.04 bits per heavy atom. The highest BCUT2D eigenvalue weighted by molar-refractivity contribution is 7.91. The van der Waals surface area contributed by atoms with E-state index in [2.05, 4.69) is 0 Å². The predicted molar refractivity (Wildman–Crippen MR) is 92.1 cm³/mol. The summed E-state index contributed by atoms with van der Waals surface area (Å²) in [6, 6.07) is 7.85. The van der Waals surface area contributed by atoms with Crippen LogP contribution in [0.25, 0.3) is 0 Å². The standard InChI is InChI=1S/C17H18FNO3S2/c18-15-4-2-1-3-14(15)16-5-7-19(8-10-24(16,21)22)17(20)11-13-6-9-23-12-13/h1-4,6,9,12,16H,5,7-8,10-11H2. The Balaban J connectivity index is 1.77. The molecule has 0 saturated carbocycles. The summed E-state index contributed by atoms with van der Waals surface area (Å²) in [6.45, 7) is 0.484. The molecule has 0 N–H and O–H groups in total. The molecule has 1 atom stereocenters. The zero-order valence-electron chi connectivity index (χ0n) is 13.0. The molecule has 0 radical (unpaired) electrons. The van der Waals surface area contributed by atoms with Crippen molar-refractivity contribution < 1.29 is 17.6 Å². The molecular formula is C17H18FNO3S2. The van der Waals surface area contributed by atoms with E-state index in [-0.39, 0.29) is 36.6 Å². The number of carbonyl (C=O) groups excluding carboxylic acids is 1. The molecule has 1 aromatic carbocycles. The van der Waals surface area contributed by atoms with Gasteiger partial charge >= 0.3 is 0 Å². The van der Waals surface area contributed by atoms with Crippen LogP contribution in [-0.4, -0.2) is 38.1 Å². The van der Waals surface area contributed by atoms with E-state index < -0.39 is 20.9 Å². The Kier molecular flexibility index (Phi) is 5.01. The van der Waals surface area contributed by atoms with Gasteiger partial charge in [-0.15, -0.1) is 0 Å². The molecule has 1 unspecified atom stereocenters. The number of nitrogens with zero attached hydrogens (tertiary/aromatic N) is 1. The van der Waals surface area contributed by atoms with Crippen LogP contribution >= 0.6 is 11.3 Å². The van der Waals surface area contributed by atoms with E-state index in [9.17, 15) is 17.6 Å². The molecule has 7 heteroatoms. The molecule has 1 saturated heterocycles. The van der Waals surface area contributed by atoms with Gasteiger partial charge in [-0.25, -0.2) is 12.8 Å². The van der Waals surface area contributed by atoms with Crippen molar-refractivity contribution >= 4 is 27.1 Å². The lowest BCUT2D eigenvalue weighted by Crippen LogP contribution is -2.34. The molecule has 1 fully saturated rings. The third-order valence-corrected chi connectivity index (χ3v) is 7.12. The number of carbonyl (C=O) groups is 1. The van der Waals surface area contributed by atoms with Gasteiger partial charge in [-0.1, -0.05) is 18.2 Å². The number of halogens is 1. The fourth-order valence-electron chi connectivity index (χ4n) is 2.96. The maximum atomic E-state index is 14.0. The van der Waals surface area contributed by atoms with Crippen LogP contribution in [0.3, 0.4) is 0 Å². The lowest BCUT2D eigenvalue weighted by molar-refractivity contribution is -0.130. The van der Waals surface area contributed by atoms with Gasteiger partial charge in [-0.05, 0) is 34.9 Å². The van der Waals surface area contributed by atoms with Gasteiger partial charge in [-0.2, -0.15) is 11.3 Å². The van der Waals surface area contributed by atoms with Gasteiger partial charge in [0.05, 0.1) is 17.4 Å². The van der Waals surface area contributed by atoms with Gasteiger partial charge in [0.15, 0.2) is 9.84 Å². The van der Waals surface area contributed by atoms with Gasteiger partial charge in [0.2, 0.25) is 5.91 Å². The molecule has 1 aromatic heterocycles. The third kappa shape index (κ3) is 3.67. The number of hydrogen-bond donors (Lipinski definition) is 0. The number of rotatable bonds is 3. The minimum atomic E-state index is -3.50. The lowest BCUT2D eigenvalue weighted by Gasteiger charge is -2.20. The second-order valence-corrected chi connectivity index (χ2v) is 8.94. The summed E-state index contributed by atoms with van der Waals surface area (Å²) in [6.07, 6.45) is 0.493. The summed E-state index contributed by atoms with van der Waals surface area (Å²) in [5.41, 5.74) is 1.13. The predicted octanol–water partition coefficient (Wildman–Crippen LogP) is 2.82. The summed E-state index contributed by atoms with van der Waals surface area (Å²) in [4.78, 5) is 14.0. The van der Waals surface area contributed by atoms with Crippen LogP contribution in [0.5, 0.6) is 0 Å². The van der Waals surface area contributed by atoms with Crippen molar-refractivity contribution in [2.75, 3.05) is 18.8 Å². The molecule has 0 aliphatic carbocycles. The van der Waals surface area contributed by atoms with Crippen molar-refractivity contribution in [1.29, 1.82) is 0 Å². The number of sulfone groups is 1. The molecule has 2 aromatic rings. The summed E-state index contributed by atoms with van der Waals surface area (Å²) >= 11 is 1.52. The fraction of sp³-hybridized carbons (Fsp3) is 0.353. The van der Waals surface area contributed by atoms with E-state index in [0.717, 1.165) is 5.56 Å². The van der Waals surface area contributed by atoms with Crippen molar-refractivity contribution in [2.24, 2.45) is 0 Å². The van der Waals surface area contributed by atoms with E-state index in [1.54, 1.807) is 17.0 Å². The molecule has 3 rings (SSSR count). The highest BCUT2D eigenvalue weighted by Gasteiger charge is 2.34. The highest BCUT2D eigenvalue weighted by atomic mass is 32.2. The largest absolute Gasteiger partial charge is 0.341 e. The highest BCUT2D eigenvalue weighted by Crippen LogP contribution is 2.31. The molecule has 128 valence electrons. The maximum Gasteiger partial charge on any atom is 0.227 e. The summed E-state index contributed by atoms with van der Waals surface area (Å²) < 4.78 is 39.1. The lowest BCUT2D eigenvalue weighted by atomic mass is 10.1. The Morgan fingerprint density at radius 3 is 2.75 bits per heavy atom. The smallest absolute Gasteiger partial charge is 0.227 e. The first-order chi connectivity index (χ1) is 11.5. The Labute approximate surface area is 144 Å². The fourth-order valence-corrected chi connectivity index (χ4v) is 5.43. The minimum absolute atomic E-state index is 0.0854. The second kappa shape index (κ2) is 7.03. The molecular weight excluding hydrogens is 349 g/mol. The number of amides is 1. The van der Waals surface area contributed by atoms with Gasteiger partial charge in [0, 0.05) is 18.7 Å². The van der Waals surface area contributed by atoms with Crippen molar-refractivity contribution in [3.63, 3.8) is 0 Å². The Bertz CT molecular complexity index is 818. The molecule has 0 spiro atoms. The van der Waals surface area contributed by atoms with Gasteiger partial charge in [0.25, 0.3) is 0 Å². The molecule has 4 nitrogen and oxygen atoms in total. The first-order valence-corrected chi connectivity index (χ1v) is 10.4. The van der Waals surface area contributed by atoms with E-state index in [4.69, 9.17) is 0 Å². The average Bonchev–Trinajstić information content (AvgIpc) is 2.98. The van der Waals surface area contributed by atoms with Crippen molar-refractivity contribution in [2.45, 2.75) is 18.1 Å². The van der Waals surface area contributed by atoms with Crippen LogP contribution in [0.15, 0.2) is 41.1 Å². The number of benzene rings is 1. The van der Waals surface area contributed by atoms with Crippen molar-refractivity contribution in [3.8, 4) is 0 Å². The van der Waals surface area contributed by atoms with Crippen LogP contribution in [0, 0.1) is 5.82 Å². The van der Waals surface area contributed by atoms with Crippen molar-refractivity contribution in [3.05, 3.63) is 58.0 Å². The summed E-state index contributed by atoms with van der Waals surface area (Å²) in [5, 5.41) is 2.93. The zero-order chi connectivity index (χ0) is 17.2. The van der Waals surface area contributed by atoms with Gasteiger partial charge in [-0.3, -0.25) is 4.79 Å². The Morgan fingerprint density at radius 1 is 1.25 bits per heavy atom. The third-order valence-electron chi connectivity index (χ3n) is 4.28. The molecule has 0 bridgehead atoms. The normalized spacial score (nSPS) is 20.5. The Hall–Kier alpha value is -1.73. The van der Waals surface area contributed by atoms with E-state index in [0.29, 0.717) is 6.54 Å². The van der Waals surface area contributed by atoms with E-state index in [1.807, 2.05) is 16.8 Å². The topological polar surface area (TPSA) is 54.5 Å². The summed E-state index contributed by atoms with van der Waals surface area (Å²) in [7, 11) is -3.50. The van der Waals surface area contributed by atoms with Crippen molar-refractivity contribution in [1.82, 2.24) is 4.90 Å². The number of thiophene rings is 1. The quantitative estimate of drug-likeness (QED) is 0.838. The number of hydrogen-bond acceptors (Lipinski definition) is 4. The van der Waals surface area contributed by atoms with Crippen LogP contribution in [-0.2, 0) is 21.1 Å². The molecule has 1 amide bonds. The van der Waals surface area contributed by atoms with Crippen LogP contribution in [0.1, 0.15) is 22.8 Å². The molecule has 2 heterocycles. The first kappa shape index (κ1) is 17.1. The second-order valence-electron chi connectivity index (χ2n) is 5.85. The van der Waals surface area contributed by atoms with E-state index in [1.165, 1.54) is 23.5 Å². The minimum Gasteiger partial charge on any atom is -0.341 e. The zero-order valence-corrected chi connectivity index (χ0v) is 14.7. The maximum absolute atomic E-state index is 14.0. The molecule has 1 aliphatic rings. The SMILES string of the molecule is O=C(Cc1ccsc1)N1CCC(c2ccccc2F)S(=O)(=O)CC1.